The maximum absolute atomic E-state index is 12.3. The van der Waals surface area contributed by atoms with Crippen LogP contribution < -0.4 is 16.0 Å². The number of esters is 1. The highest BCUT2D eigenvalue weighted by atomic mass is 16.5. The van der Waals surface area contributed by atoms with Crippen LogP contribution in [0.15, 0.2) is 70.9 Å². The largest absolute Gasteiger partial charge is 0.462 e. The second kappa shape index (κ2) is 13.0. The molecular weight excluding hydrogens is 478 g/mol. The Kier molecular flexibility index (Phi) is 9.27. The molecule has 0 saturated carbocycles. The average molecular weight is 501 g/mol. The van der Waals surface area contributed by atoms with Crippen LogP contribution in [-0.2, 0) is 32.2 Å². The fraction of sp³-hybridized carbons (Fsp3) is 0.154. The summed E-state index contributed by atoms with van der Waals surface area (Å²) < 4.78 is 10.4. The first-order valence-corrected chi connectivity index (χ1v) is 11.1. The van der Waals surface area contributed by atoms with Crippen LogP contribution in [0.3, 0.4) is 0 Å². The third-order valence-corrected chi connectivity index (χ3v) is 4.79. The van der Waals surface area contributed by atoms with Crippen molar-refractivity contribution in [1.29, 1.82) is 5.26 Å². The van der Waals surface area contributed by atoms with Crippen LogP contribution in [0.25, 0.3) is 6.08 Å². The van der Waals surface area contributed by atoms with Gasteiger partial charge in [0.2, 0.25) is 0 Å². The molecule has 11 heteroatoms. The number of benzene rings is 1. The molecule has 11 nitrogen and oxygen atoms in total. The molecule has 2 aromatic heterocycles. The number of hydrogen-bond acceptors (Lipinski definition) is 8. The zero-order valence-corrected chi connectivity index (χ0v) is 19.8. The Labute approximate surface area is 212 Å². The van der Waals surface area contributed by atoms with Crippen molar-refractivity contribution in [3.05, 3.63) is 89.1 Å². The first-order chi connectivity index (χ1) is 17.9. The number of amides is 3. The van der Waals surface area contributed by atoms with E-state index in [2.05, 4.69) is 20.9 Å². The quantitative estimate of drug-likeness (QED) is 0.174. The van der Waals surface area contributed by atoms with E-state index in [0.29, 0.717) is 17.0 Å². The second-order valence-corrected chi connectivity index (χ2v) is 7.45. The molecule has 0 radical (unpaired) electrons. The third-order valence-electron chi connectivity index (χ3n) is 4.79. The zero-order valence-electron chi connectivity index (χ0n) is 19.8. The van der Waals surface area contributed by atoms with E-state index in [1.165, 1.54) is 36.4 Å². The van der Waals surface area contributed by atoms with E-state index in [1.54, 1.807) is 37.5 Å². The smallest absolute Gasteiger partial charge is 0.338 e. The molecule has 0 aliphatic heterocycles. The van der Waals surface area contributed by atoms with Crippen molar-refractivity contribution >= 4 is 35.5 Å². The van der Waals surface area contributed by atoms with Gasteiger partial charge in [0.1, 0.15) is 23.2 Å². The summed E-state index contributed by atoms with van der Waals surface area (Å²) in [4.78, 5) is 52.2. The van der Waals surface area contributed by atoms with Gasteiger partial charge in [0, 0.05) is 30.7 Å². The van der Waals surface area contributed by atoms with Crippen LogP contribution in [0.5, 0.6) is 0 Å². The van der Waals surface area contributed by atoms with Crippen molar-refractivity contribution in [2.75, 3.05) is 11.9 Å². The van der Waals surface area contributed by atoms with Crippen molar-refractivity contribution in [1.82, 2.24) is 15.6 Å². The second-order valence-electron chi connectivity index (χ2n) is 7.45. The van der Waals surface area contributed by atoms with Crippen molar-refractivity contribution in [2.24, 2.45) is 0 Å². The topological polar surface area (TPSA) is 163 Å². The number of nitrogens with one attached hydrogen (secondary N) is 3. The summed E-state index contributed by atoms with van der Waals surface area (Å²) in [7, 11) is 0. The molecule has 0 aliphatic rings. The predicted octanol–water partition coefficient (Wildman–Crippen LogP) is 2.33. The highest BCUT2D eigenvalue weighted by Crippen LogP contribution is 2.13. The van der Waals surface area contributed by atoms with Gasteiger partial charge in [-0.15, -0.1) is 0 Å². The Balaban J connectivity index is 1.50. The first-order valence-electron chi connectivity index (χ1n) is 11.1. The molecule has 3 N–H and O–H groups in total. The van der Waals surface area contributed by atoms with Crippen LogP contribution in [0.2, 0.25) is 0 Å². The summed E-state index contributed by atoms with van der Waals surface area (Å²) in [6.07, 6.45) is 4.49. The standard InChI is InChI=1S/C26H23N5O6/c1-2-36-26(35)18-5-7-20(8-6-18)31-25(34)24(33)30-16-22-10-9-21(37-22)12-19(13-27)23(32)29-15-17-4-3-11-28-14-17/h3-12,14H,2,15-16H2,1H3,(H,29,32)(H,30,33)(H,31,34)/b19-12-. The lowest BCUT2D eigenvalue weighted by Crippen LogP contribution is -2.34. The number of aromatic nitrogens is 1. The van der Waals surface area contributed by atoms with E-state index in [9.17, 15) is 24.4 Å². The first kappa shape index (κ1) is 26.4. The molecule has 3 rings (SSSR count). The maximum Gasteiger partial charge on any atom is 0.338 e. The molecule has 0 atom stereocenters. The number of nitrogens with zero attached hydrogens (tertiary/aromatic N) is 2. The monoisotopic (exact) mass is 501 g/mol. The van der Waals surface area contributed by atoms with Crippen LogP contribution >= 0.6 is 0 Å². The number of hydrogen-bond donors (Lipinski definition) is 3. The number of carbonyl (C=O) groups excluding carboxylic acids is 4. The van der Waals surface area contributed by atoms with Crippen molar-refractivity contribution < 1.29 is 28.3 Å². The predicted molar refractivity (Wildman–Crippen MR) is 131 cm³/mol. The van der Waals surface area contributed by atoms with Gasteiger partial charge in [-0.1, -0.05) is 6.07 Å². The van der Waals surface area contributed by atoms with Gasteiger partial charge in [-0.2, -0.15) is 5.26 Å². The average Bonchev–Trinajstić information content (AvgIpc) is 3.37. The lowest BCUT2D eigenvalue weighted by molar-refractivity contribution is -0.136. The van der Waals surface area contributed by atoms with E-state index in [-0.39, 0.29) is 31.0 Å². The van der Waals surface area contributed by atoms with E-state index < -0.39 is 23.7 Å². The number of nitriles is 1. The van der Waals surface area contributed by atoms with Crippen LogP contribution in [0.1, 0.15) is 34.4 Å². The molecule has 3 aromatic rings. The lowest BCUT2D eigenvalue weighted by Gasteiger charge is -2.07. The van der Waals surface area contributed by atoms with Gasteiger partial charge in [-0.3, -0.25) is 19.4 Å². The van der Waals surface area contributed by atoms with Crippen molar-refractivity contribution in [3.8, 4) is 6.07 Å². The van der Waals surface area contributed by atoms with E-state index >= 15 is 0 Å². The molecule has 1 aromatic carbocycles. The van der Waals surface area contributed by atoms with Gasteiger partial charge in [0.15, 0.2) is 0 Å². The number of ether oxygens (including phenoxy) is 1. The summed E-state index contributed by atoms with van der Waals surface area (Å²) >= 11 is 0. The Morgan fingerprint density at radius 2 is 1.76 bits per heavy atom. The molecule has 0 unspecified atom stereocenters. The molecule has 0 saturated heterocycles. The maximum atomic E-state index is 12.3. The molecule has 37 heavy (non-hydrogen) atoms. The van der Waals surface area contributed by atoms with E-state index in [0.717, 1.165) is 5.56 Å². The summed E-state index contributed by atoms with van der Waals surface area (Å²) in [5.74, 6) is -2.35. The number of anilines is 1. The van der Waals surface area contributed by atoms with Gasteiger partial charge in [0.25, 0.3) is 5.91 Å². The molecule has 2 heterocycles. The normalized spacial score (nSPS) is 10.6. The fourth-order valence-corrected chi connectivity index (χ4v) is 2.98. The minimum Gasteiger partial charge on any atom is -0.462 e. The molecule has 3 amide bonds. The number of rotatable bonds is 9. The Morgan fingerprint density at radius 3 is 2.43 bits per heavy atom. The minimum absolute atomic E-state index is 0.100. The SMILES string of the molecule is CCOC(=O)c1ccc(NC(=O)C(=O)NCc2ccc(/C=C(/C#N)C(=O)NCc3cccnc3)o2)cc1. The summed E-state index contributed by atoms with van der Waals surface area (Å²) in [6.45, 7) is 2.04. The number of pyridine rings is 1. The minimum atomic E-state index is -0.910. The lowest BCUT2D eigenvalue weighted by atomic mass is 10.2. The molecule has 0 bridgehead atoms. The zero-order chi connectivity index (χ0) is 26.6. The molecule has 188 valence electrons. The van der Waals surface area contributed by atoms with Crippen molar-refractivity contribution in [3.63, 3.8) is 0 Å². The van der Waals surface area contributed by atoms with Crippen LogP contribution in [-0.4, -0.2) is 35.3 Å². The van der Waals surface area contributed by atoms with Crippen LogP contribution in [0.4, 0.5) is 5.69 Å². The summed E-state index contributed by atoms with van der Waals surface area (Å²) in [5.41, 5.74) is 1.26. The van der Waals surface area contributed by atoms with Gasteiger partial charge in [-0.25, -0.2) is 4.79 Å². The van der Waals surface area contributed by atoms with Gasteiger partial charge >= 0.3 is 17.8 Å². The Morgan fingerprint density at radius 1 is 1.00 bits per heavy atom. The van der Waals surface area contributed by atoms with E-state index in [1.807, 2.05) is 6.07 Å². The third kappa shape index (κ3) is 7.90. The Bertz CT molecular complexity index is 1340. The Hall–Kier alpha value is -5.24. The highest BCUT2D eigenvalue weighted by Gasteiger charge is 2.15. The molecule has 0 aliphatic carbocycles. The molecule has 0 fully saturated rings. The van der Waals surface area contributed by atoms with Gasteiger partial charge < -0.3 is 25.1 Å². The molecule has 0 spiro atoms. The summed E-state index contributed by atoms with van der Waals surface area (Å²) in [5, 5.41) is 16.8. The van der Waals surface area contributed by atoms with E-state index in [4.69, 9.17) is 9.15 Å². The van der Waals surface area contributed by atoms with Gasteiger partial charge in [0.05, 0.1) is 18.7 Å². The van der Waals surface area contributed by atoms with Crippen molar-refractivity contribution in [2.45, 2.75) is 20.0 Å². The van der Waals surface area contributed by atoms with Gasteiger partial charge in [-0.05, 0) is 55.0 Å². The number of furan rings is 1. The fourth-order valence-electron chi connectivity index (χ4n) is 2.98. The highest BCUT2D eigenvalue weighted by molar-refractivity contribution is 6.39. The van der Waals surface area contributed by atoms with Crippen LogP contribution in [0, 0.1) is 11.3 Å². The number of carbonyl (C=O) groups is 4. The molecular formula is C26H23N5O6. The summed E-state index contributed by atoms with van der Waals surface area (Å²) in [6, 6.07) is 14.3.